The smallest absolute Gasteiger partial charge is 0.411 e. The number of nitrogens with zero attached hydrogens (tertiary/aromatic N) is 1. The van der Waals surface area contributed by atoms with E-state index in [1.807, 2.05) is 93.6 Å². The van der Waals surface area contributed by atoms with E-state index in [2.05, 4.69) is 0 Å². The Kier molecular flexibility index (Phi) is 6.33. The summed E-state index contributed by atoms with van der Waals surface area (Å²) in [6.07, 6.45) is -0.558. The Bertz CT molecular complexity index is 1150. The Hall–Kier alpha value is -3.80. The molecule has 6 nitrogen and oxygen atoms in total. The molecular weight excluding hydrogens is 430 g/mol. The van der Waals surface area contributed by atoms with Gasteiger partial charge in [-0.2, -0.15) is 0 Å². The Morgan fingerprint density at radius 2 is 1.44 bits per heavy atom. The summed E-state index contributed by atoms with van der Waals surface area (Å²) in [6, 6.07) is 21.2. The Labute approximate surface area is 199 Å². The first kappa shape index (κ1) is 23.4. The van der Waals surface area contributed by atoms with Crippen molar-refractivity contribution >= 4 is 12.1 Å². The minimum absolute atomic E-state index is 0.126. The molecule has 0 spiro atoms. The number of hydrogen-bond acceptors (Lipinski definition) is 4. The maximum absolute atomic E-state index is 13.1. The quantitative estimate of drug-likeness (QED) is 0.512. The molecule has 0 heterocycles. The molecule has 1 atom stereocenters. The summed E-state index contributed by atoms with van der Waals surface area (Å²) in [5.74, 6) is -0.395. The van der Waals surface area contributed by atoms with Crippen molar-refractivity contribution in [3.63, 3.8) is 0 Å². The fourth-order valence-electron chi connectivity index (χ4n) is 4.52. The summed E-state index contributed by atoms with van der Waals surface area (Å²) in [5, 5.41) is 10.2. The topological polar surface area (TPSA) is 76.1 Å². The van der Waals surface area contributed by atoms with Crippen LogP contribution in [0.4, 0.5) is 4.79 Å². The molecule has 1 amide bonds. The summed E-state index contributed by atoms with van der Waals surface area (Å²) in [4.78, 5) is 27.0. The van der Waals surface area contributed by atoms with Crippen molar-refractivity contribution in [3.05, 3.63) is 89.5 Å². The molecule has 1 aliphatic carbocycles. The van der Waals surface area contributed by atoms with Crippen molar-refractivity contribution in [2.45, 2.75) is 44.9 Å². The molecule has 0 radical (unpaired) electrons. The largest absolute Gasteiger partial charge is 0.488 e. The van der Waals surface area contributed by atoms with Crippen LogP contribution < -0.4 is 4.74 Å². The second kappa shape index (κ2) is 9.21. The fourth-order valence-corrected chi connectivity index (χ4v) is 4.52. The van der Waals surface area contributed by atoms with Crippen LogP contribution in [0, 0.1) is 0 Å². The monoisotopic (exact) mass is 459 g/mol. The van der Waals surface area contributed by atoms with Crippen LogP contribution in [-0.2, 0) is 16.0 Å². The standard InChI is InChI=1S/C28H29NO5/c1-28(2,3)34-19-15-13-18(14-16-19)17-24(26(30)31)29(27(32)33-4)25-22-11-7-5-9-20(22)21-10-6-8-12-23(21)25/h5-16,24-25H,17H2,1-4H3,(H,30,31)/t24-/m0/s1. The molecule has 0 aromatic heterocycles. The minimum Gasteiger partial charge on any atom is -0.488 e. The first-order valence-corrected chi connectivity index (χ1v) is 11.2. The number of methoxy groups -OCH3 is 1. The van der Waals surface area contributed by atoms with Crippen molar-refractivity contribution in [3.8, 4) is 16.9 Å². The summed E-state index contributed by atoms with van der Waals surface area (Å²) in [7, 11) is 1.28. The molecule has 4 rings (SSSR count). The van der Waals surface area contributed by atoms with Crippen LogP contribution in [0.1, 0.15) is 43.5 Å². The van der Waals surface area contributed by atoms with Gasteiger partial charge in [-0.3, -0.25) is 4.90 Å². The van der Waals surface area contributed by atoms with Crippen molar-refractivity contribution < 1.29 is 24.2 Å². The van der Waals surface area contributed by atoms with Gasteiger partial charge in [-0.25, -0.2) is 9.59 Å². The molecule has 34 heavy (non-hydrogen) atoms. The van der Waals surface area contributed by atoms with Gasteiger partial charge in [0.2, 0.25) is 0 Å². The number of aliphatic carboxylic acids is 1. The number of carboxylic acid groups (broad SMARTS) is 1. The van der Waals surface area contributed by atoms with Gasteiger partial charge in [-0.05, 0) is 60.7 Å². The van der Waals surface area contributed by atoms with Gasteiger partial charge in [0.25, 0.3) is 0 Å². The maximum Gasteiger partial charge on any atom is 0.411 e. The molecule has 3 aromatic rings. The van der Waals surface area contributed by atoms with Gasteiger partial charge >= 0.3 is 12.1 Å². The molecular formula is C28H29NO5. The summed E-state index contributed by atoms with van der Waals surface area (Å²) in [5.41, 5.74) is 4.19. The molecule has 1 N–H and O–H groups in total. The van der Waals surface area contributed by atoms with E-state index < -0.39 is 24.1 Å². The molecule has 1 aliphatic rings. The zero-order chi connectivity index (χ0) is 24.5. The highest BCUT2D eigenvalue weighted by atomic mass is 16.5. The van der Waals surface area contributed by atoms with Crippen LogP contribution in [0.25, 0.3) is 11.1 Å². The maximum atomic E-state index is 13.1. The van der Waals surface area contributed by atoms with Gasteiger partial charge in [0.05, 0.1) is 13.2 Å². The minimum atomic E-state index is -1.13. The number of ether oxygens (including phenoxy) is 2. The number of rotatable bonds is 6. The third-order valence-electron chi connectivity index (χ3n) is 5.86. The number of amides is 1. The first-order valence-electron chi connectivity index (χ1n) is 11.2. The van der Waals surface area contributed by atoms with Crippen molar-refractivity contribution in [1.29, 1.82) is 0 Å². The van der Waals surface area contributed by atoms with E-state index in [9.17, 15) is 14.7 Å². The highest BCUT2D eigenvalue weighted by Gasteiger charge is 2.42. The highest BCUT2D eigenvalue weighted by molar-refractivity contribution is 5.85. The predicted octanol–water partition coefficient (Wildman–Crippen LogP) is 5.70. The van der Waals surface area contributed by atoms with Gasteiger partial charge in [-0.1, -0.05) is 60.7 Å². The van der Waals surface area contributed by atoms with Crippen LogP contribution in [0.3, 0.4) is 0 Å². The Balaban J connectivity index is 1.73. The number of fused-ring (bicyclic) bond motifs is 3. The number of hydrogen-bond donors (Lipinski definition) is 1. The third kappa shape index (κ3) is 4.62. The van der Waals surface area contributed by atoms with E-state index in [4.69, 9.17) is 9.47 Å². The van der Waals surface area contributed by atoms with E-state index in [1.165, 1.54) is 12.0 Å². The summed E-state index contributed by atoms with van der Waals surface area (Å²) in [6.45, 7) is 5.90. The van der Waals surface area contributed by atoms with Gasteiger partial charge in [0.15, 0.2) is 0 Å². The SMILES string of the molecule is COC(=O)N(C1c2ccccc2-c2ccccc21)[C@@H](Cc1ccc(OC(C)(C)C)cc1)C(=O)O. The van der Waals surface area contributed by atoms with Crippen molar-refractivity contribution in [2.24, 2.45) is 0 Å². The van der Waals surface area contributed by atoms with E-state index in [-0.39, 0.29) is 12.0 Å². The highest BCUT2D eigenvalue weighted by Crippen LogP contribution is 2.47. The van der Waals surface area contributed by atoms with E-state index in [1.54, 1.807) is 0 Å². The zero-order valence-electron chi connectivity index (χ0n) is 19.8. The molecule has 0 unspecified atom stereocenters. The van der Waals surface area contributed by atoms with Gasteiger partial charge in [0, 0.05) is 6.42 Å². The average Bonchev–Trinajstić information content (AvgIpc) is 3.13. The number of carboxylic acids is 1. The van der Waals surface area contributed by atoms with Gasteiger partial charge in [0.1, 0.15) is 17.4 Å². The van der Waals surface area contributed by atoms with E-state index >= 15 is 0 Å². The molecule has 0 fully saturated rings. The van der Waals surface area contributed by atoms with Crippen molar-refractivity contribution in [1.82, 2.24) is 4.90 Å². The van der Waals surface area contributed by atoms with E-state index in [0.29, 0.717) is 5.75 Å². The van der Waals surface area contributed by atoms with Crippen LogP contribution in [0.2, 0.25) is 0 Å². The first-order chi connectivity index (χ1) is 16.2. The second-order valence-electron chi connectivity index (χ2n) is 9.37. The number of carbonyl (C=O) groups excluding carboxylic acids is 1. The van der Waals surface area contributed by atoms with Crippen LogP contribution in [-0.4, -0.2) is 40.8 Å². The van der Waals surface area contributed by atoms with Gasteiger partial charge < -0.3 is 14.6 Å². The molecule has 6 heteroatoms. The second-order valence-corrected chi connectivity index (χ2v) is 9.37. The molecule has 0 saturated carbocycles. The molecule has 0 saturated heterocycles. The fraction of sp³-hybridized carbons (Fsp3) is 0.286. The third-order valence-corrected chi connectivity index (χ3v) is 5.86. The summed E-state index contributed by atoms with van der Waals surface area (Å²) < 4.78 is 11.0. The lowest BCUT2D eigenvalue weighted by atomic mass is 9.98. The molecule has 3 aromatic carbocycles. The normalized spacial score (nSPS) is 13.5. The predicted molar refractivity (Wildman–Crippen MR) is 130 cm³/mol. The molecule has 0 bridgehead atoms. The van der Waals surface area contributed by atoms with Crippen LogP contribution in [0.5, 0.6) is 5.75 Å². The number of carbonyl (C=O) groups is 2. The zero-order valence-corrected chi connectivity index (χ0v) is 19.8. The van der Waals surface area contributed by atoms with Crippen LogP contribution in [0.15, 0.2) is 72.8 Å². The van der Waals surface area contributed by atoms with Gasteiger partial charge in [-0.15, -0.1) is 0 Å². The Morgan fingerprint density at radius 1 is 0.912 bits per heavy atom. The molecule has 0 aliphatic heterocycles. The lowest BCUT2D eigenvalue weighted by Gasteiger charge is -2.34. The van der Waals surface area contributed by atoms with Crippen molar-refractivity contribution in [2.75, 3.05) is 7.11 Å². The molecule has 176 valence electrons. The van der Waals surface area contributed by atoms with E-state index in [0.717, 1.165) is 27.8 Å². The Morgan fingerprint density at radius 3 is 1.91 bits per heavy atom. The van der Waals surface area contributed by atoms with Crippen LogP contribution >= 0.6 is 0 Å². The lowest BCUT2D eigenvalue weighted by molar-refractivity contribution is -0.143. The summed E-state index contributed by atoms with van der Waals surface area (Å²) >= 11 is 0. The number of benzene rings is 3. The average molecular weight is 460 g/mol. The lowest BCUT2D eigenvalue weighted by Crippen LogP contribution is -2.48.